The SMILES string of the molecule is CC.CC.CC(=O)CC(C)(C)c1ccc2c(c1)C(CC1CCCC1)=CC2.[HH].[HH]. The highest BCUT2D eigenvalue weighted by Gasteiger charge is 2.26. The summed E-state index contributed by atoms with van der Waals surface area (Å²) in [6, 6.07) is 6.88. The van der Waals surface area contributed by atoms with E-state index in [1.165, 1.54) is 48.8 Å². The van der Waals surface area contributed by atoms with Crippen molar-refractivity contribution < 1.29 is 7.65 Å². The van der Waals surface area contributed by atoms with Crippen LogP contribution in [0.5, 0.6) is 0 Å². The van der Waals surface area contributed by atoms with Crippen molar-refractivity contribution in [1.82, 2.24) is 0 Å². The molecule has 2 aliphatic rings. The predicted octanol–water partition coefficient (Wildman–Crippen LogP) is 8.01. The molecular formula is C25H44O. The smallest absolute Gasteiger partial charge is 0.130 e. The first kappa shape index (κ1) is 22.7. The Labute approximate surface area is 165 Å². The van der Waals surface area contributed by atoms with Crippen molar-refractivity contribution in [3.05, 3.63) is 41.0 Å². The number of carbonyl (C=O) groups excluding carboxylic acids is 1. The summed E-state index contributed by atoms with van der Waals surface area (Å²) in [7, 11) is 0. The summed E-state index contributed by atoms with van der Waals surface area (Å²) in [5.41, 5.74) is 5.72. The van der Waals surface area contributed by atoms with E-state index in [0.29, 0.717) is 6.42 Å². The van der Waals surface area contributed by atoms with Gasteiger partial charge in [0.05, 0.1) is 0 Å². The van der Waals surface area contributed by atoms with Crippen LogP contribution >= 0.6 is 0 Å². The van der Waals surface area contributed by atoms with E-state index in [-0.39, 0.29) is 14.1 Å². The Hall–Kier alpha value is -1.37. The average molecular weight is 361 g/mol. The predicted molar refractivity (Wildman–Crippen MR) is 120 cm³/mol. The van der Waals surface area contributed by atoms with E-state index in [4.69, 9.17) is 0 Å². The molecule has 1 aromatic rings. The van der Waals surface area contributed by atoms with Gasteiger partial charge in [-0.1, -0.05) is 91.5 Å². The number of ketones is 1. The summed E-state index contributed by atoms with van der Waals surface area (Å²) >= 11 is 0. The van der Waals surface area contributed by atoms with Gasteiger partial charge in [0.1, 0.15) is 5.78 Å². The molecular weight excluding hydrogens is 316 g/mol. The Balaban J connectivity index is 0. The van der Waals surface area contributed by atoms with E-state index < -0.39 is 0 Å². The van der Waals surface area contributed by atoms with Crippen molar-refractivity contribution in [3.63, 3.8) is 0 Å². The summed E-state index contributed by atoms with van der Waals surface area (Å²) in [4.78, 5) is 11.5. The molecule has 26 heavy (non-hydrogen) atoms. The molecule has 0 spiro atoms. The van der Waals surface area contributed by atoms with Crippen LogP contribution in [0.25, 0.3) is 5.57 Å². The second-order valence-electron chi connectivity index (χ2n) is 7.92. The third-order valence-corrected chi connectivity index (χ3v) is 5.48. The van der Waals surface area contributed by atoms with E-state index in [0.717, 1.165) is 12.3 Å². The summed E-state index contributed by atoms with van der Waals surface area (Å²) < 4.78 is 0. The first-order valence-electron chi connectivity index (χ1n) is 10.8. The third kappa shape index (κ3) is 5.83. The molecule has 0 saturated heterocycles. The minimum Gasteiger partial charge on any atom is -0.300 e. The lowest BCUT2D eigenvalue weighted by molar-refractivity contribution is -0.118. The van der Waals surface area contributed by atoms with Crippen LogP contribution in [0.4, 0.5) is 0 Å². The maximum atomic E-state index is 11.5. The minimum absolute atomic E-state index is 0. The van der Waals surface area contributed by atoms with E-state index in [1.807, 2.05) is 27.7 Å². The van der Waals surface area contributed by atoms with Gasteiger partial charge >= 0.3 is 0 Å². The number of carbonyl (C=O) groups is 1. The molecule has 2 aliphatic carbocycles. The van der Waals surface area contributed by atoms with Crippen molar-refractivity contribution in [2.75, 3.05) is 0 Å². The van der Waals surface area contributed by atoms with Crippen molar-refractivity contribution in [2.24, 2.45) is 5.92 Å². The van der Waals surface area contributed by atoms with Crippen molar-refractivity contribution in [1.29, 1.82) is 0 Å². The minimum atomic E-state index is -0.0675. The maximum Gasteiger partial charge on any atom is 0.130 e. The van der Waals surface area contributed by atoms with Gasteiger partial charge < -0.3 is 0 Å². The monoisotopic (exact) mass is 360 g/mol. The molecule has 0 aliphatic heterocycles. The fraction of sp³-hybridized carbons (Fsp3) is 0.640. The molecule has 0 unspecified atom stereocenters. The molecule has 0 amide bonds. The van der Waals surface area contributed by atoms with Crippen LogP contribution in [-0.4, -0.2) is 5.78 Å². The molecule has 1 saturated carbocycles. The van der Waals surface area contributed by atoms with Gasteiger partial charge in [-0.05, 0) is 53.4 Å². The molecule has 3 rings (SSSR count). The van der Waals surface area contributed by atoms with Crippen LogP contribution in [0.1, 0.15) is 107 Å². The van der Waals surface area contributed by atoms with Crippen LogP contribution in [0.15, 0.2) is 24.3 Å². The number of fused-ring (bicyclic) bond motifs is 1. The quantitative estimate of drug-likeness (QED) is 0.519. The Kier molecular flexibility index (Phi) is 9.33. The number of hydrogen-bond donors (Lipinski definition) is 0. The fourth-order valence-corrected chi connectivity index (χ4v) is 4.26. The van der Waals surface area contributed by atoms with Gasteiger partial charge in [0.15, 0.2) is 0 Å². The number of benzene rings is 1. The molecule has 0 radical (unpaired) electrons. The standard InChI is InChI=1S/C21H28O.2C2H6.2H2/c1-15(22)14-21(2,3)19-11-10-17-8-9-18(20(17)13-19)12-16-6-4-5-7-16;2*1-2;;/h9-11,13,16H,4-8,12,14H2,1-3H3;2*1-2H3;2*1H. The van der Waals surface area contributed by atoms with E-state index in [1.54, 1.807) is 12.5 Å². The van der Waals surface area contributed by atoms with Crippen LogP contribution in [0, 0.1) is 5.92 Å². The van der Waals surface area contributed by atoms with Crippen LogP contribution < -0.4 is 0 Å². The molecule has 0 heterocycles. The van der Waals surface area contributed by atoms with Gasteiger partial charge in [-0.3, -0.25) is 4.79 Å². The summed E-state index contributed by atoms with van der Waals surface area (Å²) in [6.07, 6.45) is 11.0. The van der Waals surface area contributed by atoms with Crippen LogP contribution in [-0.2, 0) is 16.6 Å². The van der Waals surface area contributed by atoms with Crippen molar-refractivity contribution in [2.45, 2.75) is 98.8 Å². The Bertz CT molecular complexity index is 611. The zero-order valence-corrected chi connectivity index (χ0v) is 18.2. The zero-order chi connectivity index (χ0) is 19.7. The van der Waals surface area contributed by atoms with Gasteiger partial charge in [0.25, 0.3) is 0 Å². The van der Waals surface area contributed by atoms with E-state index in [9.17, 15) is 4.79 Å². The third-order valence-electron chi connectivity index (χ3n) is 5.48. The molecule has 150 valence electrons. The molecule has 1 nitrogen and oxygen atoms in total. The first-order valence-corrected chi connectivity index (χ1v) is 10.8. The molecule has 1 heteroatoms. The van der Waals surface area contributed by atoms with Gasteiger partial charge in [-0.15, -0.1) is 0 Å². The summed E-state index contributed by atoms with van der Waals surface area (Å²) in [6.45, 7) is 14.1. The highest BCUT2D eigenvalue weighted by Crippen LogP contribution is 2.39. The lowest BCUT2D eigenvalue weighted by atomic mass is 9.79. The van der Waals surface area contributed by atoms with Gasteiger partial charge in [-0.2, -0.15) is 0 Å². The van der Waals surface area contributed by atoms with Crippen LogP contribution in [0.2, 0.25) is 0 Å². The molecule has 1 aromatic carbocycles. The largest absolute Gasteiger partial charge is 0.300 e. The molecule has 0 atom stereocenters. The molecule has 0 N–H and O–H groups in total. The summed E-state index contributed by atoms with van der Waals surface area (Å²) in [5, 5.41) is 0. The summed E-state index contributed by atoms with van der Waals surface area (Å²) in [5.74, 6) is 1.17. The Morgan fingerprint density at radius 3 is 2.31 bits per heavy atom. The second kappa shape index (κ2) is 10.7. The van der Waals surface area contributed by atoms with Crippen LogP contribution in [0.3, 0.4) is 0 Å². The van der Waals surface area contributed by atoms with Crippen molar-refractivity contribution >= 4 is 11.4 Å². The van der Waals surface area contributed by atoms with Gasteiger partial charge in [-0.25, -0.2) is 0 Å². The van der Waals surface area contributed by atoms with Gasteiger partial charge in [0.2, 0.25) is 0 Å². The van der Waals surface area contributed by atoms with E-state index in [2.05, 4.69) is 38.1 Å². The number of hydrogen-bond acceptors (Lipinski definition) is 1. The van der Waals surface area contributed by atoms with Gasteiger partial charge in [0, 0.05) is 9.27 Å². The normalized spacial score (nSPS) is 16.0. The number of rotatable bonds is 5. The maximum absolute atomic E-state index is 11.5. The first-order chi connectivity index (χ1) is 12.5. The fourth-order valence-electron chi connectivity index (χ4n) is 4.26. The highest BCUT2D eigenvalue weighted by atomic mass is 16.1. The Morgan fingerprint density at radius 1 is 1.12 bits per heavy atom. The topological polar surface area (TPSA) is 17.1 Å². The molecule has 0 bridgehead atoms. The lowest BCUT2D eigenvalue weighted by Crippen LogP contribution is -2.20. The second-order valence-corrected chi connectivity index (χ2v) is 7.92. The lowest BCUT2D eigenvalue weighted by Gasteiger charge is -2.25. The number of Topliss-reactive ketones (excluding diaryl/α,β-unsaturated/α-hetero) is 1. The van der Waals surface area contributed by atoms with E-state index >= 15 is 0 Å². The zero-order valence-electron chi connectivity index (χ0n) is 18.2. The van der Waals surface area contributed by atoms with Crippen molar-refractivity contribution in [3.8, 4) is 0 Å². The Morgan fingerprint density at radius 2 is 1.73 bits per heavy atom. The molecule has 0 aromatic heterocycles. The highest BCUT2D eigenvalue weighted by molar-refractivity contribution is 5.78. The number of allylic oxidation sites excluding steroid dienone is 2. The average Bonchev–Trinajstić information content (AvgIpc) is 3.28. The molecule has 1 fully saturated rings.